The molecule has 0 aromatic heterocycles. The molecular weight excluding hydrogens is 130 g/mol. The Hall–Kier alpha value is -0.570. The zero-order valence-corrected chi connectivity index (χ0v) is 6.93. The molecule has 1 unspecified atom stereocenters. The zero-order chi connectivity index (χ0) is 8.36. The first-order chi connectivity index (χ1) is 4.42. The number of likely N-dealkylation sites (N-methyl/N-ethyl adjacent to an activating group) is 1. The van der Waals surface area contributed by atoms with Crippen LogP contribution in [0.15, 0.2) is 0 Å². The monoisotopic (exact) mass is 145 g/mol. The van der Waals surface area contributed by atoms with E-state index in [4.69, 9.17) is 0 Å². The molecule has 0 rings (SSSR count). The van der Waals surface area contributed by atoms with Crippen molar-refractivity contribution in [1.29, 1.82) is 0 Å². The first-order valence-corrected chi connectivity index (χ1v) is 3.37. The van der Waals surface area contributed by atoms with E-state index in [1.54, 1.807) is 13.8 Å². The highest BCUT2D eigenvalue weighted by molar-refractivity contribution is 5.84. The third-order valence-electron chi connectivity index (χ3n) is 1.81. The Kier molecular flexibility index (Phi) is 2.84. The topological polar surface area (TPSA) is 49.3 Å². The van der Waals surface area contributed by atoms with Gasteiger partial charge in [-0.3, -0.25) is 4.79 Å². The van der Waals surface area contributed by atoms with Crippen molar-refractivity contribution in [3.63, 3.8) is 0 Å². The summed E-state index contributed by atoms with van der Waals surface area (Å²) in [6, 6.07) is 0. The summed E-state index contributed by atoms with van der Waals surface area (Å²) in [6.45, 7) is 5.11. The van der Waals surface area contributed by atoms with Crippen LogP contribution in [0.4, 0.5) is 0 Å². The maximum Gasteiger partial charge on any atom is 0.251 e. The van der Waals surface area contributed by atoms with Gasteiger partial charge in [0.15, 0.2) is 0 Å². The van der Waals surface area contributed by atoms with Crippen molar-refractivity contribution in [2.75, 3.05) is 7.05 Å². The maximum atomic E-state index is 10.9. The molecule has 1 atom stereocenters. The second-order valence-corrected chi connectivity index (χ2v) is 2.88. The van der Waals surface area contributed by atoms with E-state index in [-0.39, 0.29) is 11.8 Å². The summed E-state index contributed by atoms with van der Waals surface area (Å²) < 4.78 is 0. The van der Waals surface area contributed by atoms with E-state index in [1.165, 1.54) is 14.0 Å². The molecule has 0 aromatic carbocycles. The molecule has 0 aliphatic carbocycles. The Balaban J connectivity index is 4.24. The van der Waals surface area contributed by atoms with Crippen LogP contribution >= 0.6 is 0 Å². The number of rotatable bonds is 2. The minimum Gasteiger partial charge on any atom is -0.380 e. The number of hydrogen-bond donors (Lipinski definition) is 2. The molecule has 0 spiro atoms. The summed E-state index contributed by atoms with van der Waals surface area (Å²) in [5.41, 5.74) is -1.24. The normalized spacial score (nSPS) is 16.6. The van der Waals surface area contributed by atoms with Gasteiger partial charge in [0, 0.05) is 7.05 Å². The van der Waals surface area contributed by atoms with Crippen molar-refractivity contribution >= 4 is 5.91 Å². The van der Waals surface area contributed by atoms with Crippen LogP contribution in [0.2, 0.25) is 0 Å². The number of carbonyl (C=O) groups excluding carboxylic acids is 1. The lowest BCUT2D eigenvalue weighted by molar-refractivity contribution is -0.141. The van der Waals surface area contributed by atoms with Crippen molar-refractivity contribution < 1.29 is 9.90 Å². The SMILES string of the molecule is CNC(=O)C(C)(O)C(C)C. The average molecular weight is 145 g/mol. The number of carbonyl (C=O) groups is 1. The Morgan fingerprint density at radius 1 is 1.60 bits per heavy atom. The fraction of sp³-hybridized carbons (Fsp3) is 0.857. The number of amides is 1. The highest BCUT2D eigenvalue weighted by atomic mass is 16.3. The first kappa shape index (κ1) is 9.43. The van der Waals surface area contributed by atoms with Gasteiger partial charge in [-0.15, -0.1) is 0 Å². The van der Waals surface area contributed by atoms with Crippen LogP contribution in [0.25, 0.3) is 0 Å². The summed E-state index contributed by atoms with van der Waals surface area (Å²) in [6.07, 6.45) is 0. The fourth-order valence-corrected chi connectivity index (χ4v) is 0.515. The average Bonchev–Trinajstić information content (AvgIpc) is 1.86. The summed E-state index contributed by atoms with van der Waals surface area (Å²) in [5, 5.41) is 11.8. The van der Waals surface area contributed by atoms with Gasteiger partial charge in [0.05, 0.1) is 0 Å². The van der Waals surface area contributed by atoms with Crippen molar-refractivity contribution in [2.45, 2.75) is 26.4 Å². The second-order valence-electron chi connectivity index (χ2n) is 2.88. The molecule has 10 heavy (non-hydrogen) atoms. The number of aliphatic hydroxyl groups is 1. The minimum atomic E-state index is -1.24. The maximum absolute atomic E-state index is 10.9. The molecule has 0 saturated heterocycles. The second kappa shape index (κ2) is 3.01. The largest absolute Gasteiger partial charge is 0.380 e. The number of nitrogens with one attached hydrogen (secondary N) is 1. The summed E-state index contributed by atoms with van der Waals surface area (Å²) >= 11 is 0. The molecule has 0 saturated carbocycles. The molecule has 0 aliphatic rings. The third kappa shape index (κ3) is 1.70. The lowest BCUT2D eigenvalue weighted by atomic mass is 9.92. The summed E-state index contributed by atoms with van der Waals surface area (Å²) in [5.74, 6) is -0.394. The Morgan fingerprint density at radius 3 is 2.10 bits per heavy atom. The molecule has 2 N–H and O–H groups in total. The standard InChI is InChI=1S/C7H15NO2/c1-5(2)7(3,10)6(9)8-4/h5,10H,1-4H3,(H,8,9). The molecule has 0 aromatic rings. The molecule has 3 nitrogen and oxygen atoms in total. The van der Waals surface area contributed by atoms with E-state index < -0.39 is 5.60 Å². The van der Waals surface area contributed by atoms with Gasteiger partial charge in [-0.2, -0.15) is 0 Å². The molecule has 0 fully saturated rings. The first-order valence-electron chi connectivity index (χ1n) is 3.37. The highest BCUT2D eigenvalue weighted by Crippen LogP contribution is 2.15. The van der Waals surface area contributed by atoms with Gasteiger partial charge >= 0.3 is 0 Å². The molecule has 1 amide bonds. The molecule has 60 valence electrons. The van der Waals surface area contributed by atoms with E-state index >= 15 is 0 Å². The molecule has 0 heterocycles. The van der Waals surface area contributed by atoms with Gasteiger partial charge in [0.25, 0.3) is 5.91 Å². The van der Waals surface area contributed by atoms with Crippen LogP contribution < -0.4 is 5.32 Å². The molecule has 0 bridgehead atoms. The zero-order valence-electron chi connectivity index (χ0n) is 6.93. The van der Waals surface area contributed by atoms with Crippen LogP contribution in [0, 0.1) is 5.92 Å². The van der Waals surface area contributed by atoms with Gasteiger partial charge in [-0.05, 0) is 12.8 Å². The number of hydrogen-bond acceptors (Lipinski definition) is 2. The minimum absolute atomic E-state index is 0.0625. The van der Waals surface area contributed by atoms with Gasteiger partial charge < -0.3 is 10.4 Å². The lowest BCUT2D eigenvalue weighted by Crippen LogP contribution is -2.46. The predicted molar refractivity (Wildman–Crippen MR) is 39.5 cm³/mol. The Labute approximate surface area is 61.4 Å². The molecular formula is C7H15NO2. The molecule has 3 heteroatoms. The van der Waals surface area contributed by atoms with Gasteiger partial charge in [-0.25, -0.2) is 0 Å². The highest BCUT2D eigenvalue weighted by Gasteiger charge is 2.32. The van der Waals surface area contributed by atoms with Gasteiger partial charge in [0.1, 0.15) is 5.60 Å². The predicted octanol–water partition coefficient (Wildman–Crippen LogP) is 0.139. The van der Waals surface area contributed by atoms with E-state index in [0.717, 1.165) is 0 Å². The van der Waals surface area contributed by atoms with Crippen LogP contribution in [0.5, 0.6) is 0 Å². The fourth-order valence-electron chi connectivity index (χ4n) is 0.515. The molecule has 0 radical (unpaired) electrons. The van der Waals surface area contributed by atoms with E-state index in [2.05, 4.69) is 5.32 Å². The molecule has 0 aliphatic heterocycles. The van der Waals surface area contributed by atoms with E-state index in [9.17, 15) is 9.90 Å². The van der Waals surface area contributed by atoms with E-state index in [1.807, 2.05) is 0 Å². The smallest absolute Gasteiger partial charge is 0.251 e. The summed E-state index contributed by atoms with van der Waals surface area (Å²) in [7, 11) is 1.51. The van der Waals surface area contributed by atoms with Gasteiger partial charge in [0.2, 0.25) is 0 Å². The lowest BCUT2D eigenvalue weighted by Gasteiger charge is -2.24. The quantitative estimate of drug-likeness (QED) is 0.580. The van der Waals surface area contributed by atoms with Crippen LogP contribution in [0.3, 0.4) is 0 Å². The van der Waals surface area contributed by atoms with Crippen LogP contribution in [-0.2, 0) is 4.79 Å². The summed E-state index contributed by atoms with van der Waals surface area (Å²) in [4.78, 5) is 10.9. The van der Waals surface area contributed by atoms with Crippen LogP contribution in [-0.4, -0.2) is 23.7 Å². The van der Waals surface area contributed by atoms with Crippen LogP contribution in [0.1, 0.15) is 20.8 Å². The van der Waals surface area contributed by atoms with Gasteiger partial charge in [-0.1, -0.05) is 13.8 Å². The van der Waals surface area contributed by atoms with Crippen molar-refractivity contribution in [3.05, 3.63) is 0 Å². The van der Waals surface area contributed by atoms with Crippen molar-refractivity contribution in [1.82, 2.24) is 5.32 Å². The third-order valence-corrected chi connectivity index (χ3v) is 1.81. The van der Waals surface area contributed by atoms with Crippen molar-refractivity contribution in [3.8, 4) is 0 Å². The van der Waals surface area contributed by atoms with Crippen molar-refractivity contribution in [2.24, 2.45) is 5.92 Å². The van der Waals surface area contributed by atoms with E-state index in [0.29, 0.717) is 0 Å². The Morgan fingerprint density at radius 2 is 2.00 bits per heavy atom. The Bertz CT molecular complexity index is 130.